The predicted molar refractivity (Wildman–Crippen MR) is 66.4 cm³/mol. The van der Waals surface area contributed by atoms with E-state index in [0.29, 0.717) is 5.56 Å². The Morgan fingerprint density at radius 3 is 2.05 bits per heavy atom. The minimum Gasteiger partial charge on any atom is -0.505 e. The van der Waals surface area contributed by atoms with Gasteiger partial charge in [0.25, 0.3) is 0 Å². The van der Waals surface area contributed by atoms with Crippen LogP contribution in [0.25, 0.3) is 0 Å². The molecule has 1 N–H and O–H groups in total. The van der Waals surface area contributed by atoms with Gasteiger partial charge >= 0.3 is 6.18 Å². The number of hydrogen-bond donors (Lipinski definition) is 1. The number of aromatic hydroxyl groups is 1. The van der Waals surface area contributed by atoms with Gasteiger partial charge < -0.3 is 5.11 Å². The largest absolute Gasteiger partial charge is 0.505 e. The van der Waals surface area contributed by atoms with Crippen molar-refractivity contribution in [1.82, 2.24) is 0 Å². The summed E-state index contributed by atoms with van der Waals surface area (Å²) in [6.07, 6.45) is -2.92. The van der Waals surface area contributed by atoms with Crippen molar-refractivity contribution in [3.8, 4) is 5.75 Å². The van der Waals surface area contributed by atoms with Crippen LogP contribution in [-0.4, -0.2) is 11.3 Å². The Bertz CT molecular complexity index is 581. The summed E-state index contributed by atoms with van der Waals surface area (Å²) in [4.78, 5) is 0. The lowest BCUT2D eigenvalue weighted by molar-refractivity contribution is -0.161. The molecule has 0 atom stereocenters. The van der Waals surface area contributed by atoms with Crippen molar-refractivity contribution in [3.63, 3.8) is 0 Å². The van der Waals surface area contributed by atoms with E-state index in [1.165, 1.54) is 13.0 Å². The molecule has 20 heavy (non-hydrogen) atoms. The smallest absolute Gasteiger partial charge is 0.398 e. The van der Waals surface area contributed by atoms with E-state index in [9.17, 15) is 22.7 Å². The van der Waals surface area contributed by atoms with Crippen molar-refractivity contribution in [1.29, 1.82) is 0 Å². The lowest BCUT2D eigenvalue weighted by Crippen LogP contribution is -2.29. The molecule has 2 aliphatic rings. The number of rotatable bonds is 2. The van der Waals surface area contributed by atoms with Crippen LogP contribution >= 0.6 is 0 Å². The molecule has 0 aromatic heterocycles. The fraction of sp³-hybridized carbons (Fsp3) is 0.600. The molecule has 2 fully saturated rings. The summed E-state index contributed by atoms with van der Waals surface area (Å²) in [7, 11) is 0. The first-order valence-electron chi connectivity index (χ1n) is 6.72. The molecule has 0 amide bonds. The van der Waals surface area contributed by atoms with Crippen molar-refractivity contribution in [2.45, 2.75) is 56.5 Å². The molecule has 1 nitrogen and oxygen atoms in total. The van der Waals surface area contributed by atoms with Crippen molar-refractivity contribution >= 4 is 0 Å². The Hall–Kier alpha value is -1.26. The van der Waals surface area contributed by atoms with Crippen LogP contribution in [0.2, 0.25) is 0 Å². The maximum absolute atomic E-state index is 14.1. The third-order valence-electron chi connectivity index (χ3n) is 4.94. The molecular formula is C15H16F4O. The van der Waals surface area contributed by atoms with Crippen molar-refractivity contribution in [2.75, 3.05) is 0 Å². The first-order chi connectivity index (χ1) is 9.12. The summed E-state index contributed by atoms with van der Waals surface area (Å²) < 4.78 is 53.8. The fourth-order valence-corrected chi connectivity index (χ4v) is 3.01. The Kier molecular flexibility index (Phi) is 2.52. The monoisotopic (exact) mass is 288 g/mol. The van der Waals surface area contributed by atoms with Gasteiger partial charge in [0.2, 0.25) is 0 Å². The zero-order valence-corrected chi connectivity index (χ0v) is 11.4. The zero-order chi connectivity index (χ0) is 14.9. The van der Waals surface area contributed by atoms with Gasteiger partial charge in [0.05, 0.1) is 5.41 Å². The van der Waals surface area contributed by atoms with Gasteiger partial charge in [-0.3, -0.25) is 0 Å². The second kappa shape index (κ2) is 3.68. The standard InChI is InChI=1S/C15H16F4O/c1-8-9(13(2)3-4-13)7-10(12(20)11(8)16)14(5-6-14)15(17,18)19/h7,20H,3-6H2,1-2H3. The summed E-state index contributed by atoms with van der Waals surface area (Å²) in [5.41, 5.74) is -1.69. The SMILES string of the molecule is Cc1c(C2(C)CC2)cc(C2(C(F)(F)F)CC2)c(O)c1F. The molecular weight excluding hydrogens is 272 g/mol. The minimum atomic E-state index is -4.45. The average Bonchev–Trinajstić information content (AvgIpc) is 3.22. The van der Waals surface area contributed by atoms with Crippen LogP contribution in [0.3, 0.4) is 0 Å². The summed E-state index contributed by atoms with van der Waals surface area (Å²) >= 11 is 0. The van der Waals surface area contributed by atoms with Crippen LogP contribution in [0, 0.1) is 12.7 Å². The van der Waals surface area contributed by atoms with Gasteiger partial charge in [-0.2, -0.15) is 13.2 Å². The van der Waals surface area contributed by atoms with E-state index >= 15 is 0 Å². The summed E-state index contributed by atoms with van der Waals surface area (Å²) in [5.74, 6) is -1.73. The summed E-state index contributed by atoms with van der Waals surface area (Å²) in [6, 6.07) is 1.39. The molecule has 0 unspecified atom stereocenters. The van der Waals surface area contributed by atoms with E-state index in [4.69, 9.17) is 0 Å². The molecule has 2 aliphatic carbocycles. The molecule has 110 valence electrons. The Morgan fingerprint density at radius 2 is 1.65 bits per heavy atom. The van der Waals surface area contributed by atoms with Crippen LogP contribution in [0.5, 0.6) is 5.75 Å². The van der Waals surface area contributed by atoms with E-state index in [1.54, 1.807) is 0 Å². The van der Waals surface area contributed by atoms with Gasteiger partial charge in [-0.15, -0.1) is 0 Å². The number of alkyl halides is 3. The molecule has 0 bridgehead atoms. The number of phenolic OH excluding ortho intramolecular Hbond substituents is 1. The summed E-state index contributed by atoms with van der Waals surface area (Å²) in [6.45, 7) is 3.44. The molecule has 1 aromatic carbocycles. The molecule has 0 saturated heterocycles. The van der Waals surface area contributed by atoms with Crippen molar-refractivity contribution in [2.24, 2.45) is 0 Å². The molecule has 3 rings (SSSR count). The van der Waals surface area contributed by atoms with Crippen LogP contribution in [0.15, 0.2) is 6.07 Å². The molecule has 2 saturated carbocycles. The second-order valence-electron chi connectivity index (χ2n) is 6.40. The molecule has 1 aromatic rings. The Balaban J connectivity index is 2.20. The molecule has 0 heterocycles. The maximum Gasteiger partial charge on any atom is 0.398 e. The van der Waals surface area contributed by atoms with E-state index in [2.05, 4.69) is 0 Å². The van der Waals surface area contributed by atoms with Crippen LogP contribution < -0.4 is 0 Å². The highest BCUT2D eigenvalue weighted by molar-refractivity contribution is 5.53. The number of benzene rings is 1. The fourth-order valence-electron chi connectivity index (χ4n) is 3.01. The second-order valence-corrected chi connectivity index (χ2v) is 6.40. The van der Waals surface area contributed by atoms with Gasteiger partial charge in [-0.1, -0.05) is 13.0 Å². The highest BCUT2D eigenvalue weighted by Gasteiger charge is 2.65. The number of halogens is 4. The maximum atomic E-state index is 14.1. The van der Waals surface area contributed by atoms with Crippen LogP contribution in [0.4, 0.5) is 17.6 Å². The lowest BCUT2D eigenvalue weighted by atomic mass is 9.85. The normalized spacial score (nSPS) is 22.7. The van der Waals surface area contributed by atoms with E-state index in [1.807, 2.05) is 6.92 Å². The Morgan fingerprint density at radius 1 is 1.10 bits per heavy atom. The van der Waals surface area contributed by atoms with E-state index in [-0.39, 0.29) is 29.4 Å². The summed E-state index contributed by atoms with van der Waals surface area (Å²) in [5, 5.41) is 9.85. The van der Waals surface area contributed by atoms with Gasteiger partial charge in [0.1, 0.15) is 0 Å². The first kappa shape index (κ1) is 13.7. The van der Waals surface area contributed by atoms with E-state index < -0.39 is 23.2 Å². The zero-order valence-electron chi connectivity index (χ0n) is 11.4. The molecule has 0 aliphatic heterocycles. The highest BCUT2D eigenvalue weighted by Crippen LogP contribution is 2.62. The Labute approximate surface area is 114 Å². The van der Waals surface area contributed by atoms with Crippen molar-refractivity contribution in [3.05, 3.63) is 28.6 Å². The van der Waals surface area contributed by atoms with Crippen LogP contribution in [-0.2, 0) is 10.8 Å². The molecule has 5 heteroatoms. The predicted octanol–water partition coefficient (Wildman–Crippen LogP) is 4.49. The highest BCUT2D eigenvalue weighted by atomic mass is 19.4. The number of hydrogen-bond acceptors (Lipinski definition) is 1. The van der Waals surface area contributed by atoms with Gasteiger partial charge in [0, 0.05) is 5.56 Å². The quantitative estimate of drug-likeness (QED) is 0.795. The van der Waals surface area contributed by atoms with Crippen LogP contribution in [0.1, 0.15) is 49.3 Å². The molecule has 0 radical (unpaired) electrons. The topological polar surface area (TPSA) is 20.2 Å². The van der Waals surface area contributed by atoms with E-state index in [0.717, 1.165) is 12.8 Å². The van der Waals surface area contributed by atoms with Gasteiger partial charge in [-0.25, -0.2) is 4.39 Å². The third-order valence-corrected chi connectivity index (χ3v) is 4.94. The van der Waals surface area contributed by atoms with Gasteiger partial charge in [-0.05, 0) is 49.1 Å². The minimum absolute atomic E-state index is 0.0806. The first-order valence-corrected chi connectivity index (χ1v) is 6.72. The molecule has 0 spiro atoms. The van der Waals surface area contributed by atoms with Gasteiger partial charge in [0.15, 0.2) is 11.6 Å². The number of phenols is 1. The van der Waals surface area contributed by atoms with Crippen molar-refractivity contribution < 1.29 is 22.7 Å². The third kappa shape index (κ3) is 1.68. The lowest BCUT2D eigenvalue weighted by Gasteiger charge is -2.24. The average molecular weight is 288 g/mol.